The Morgan fingerprint density at radius 1 is 1.18 bits per heavy atom. The van der Waals surface area contributed by atoms with E-state index in [0.717, 1.165) is 6.54 Å². The number of nitrogens with zero attached hydrogens (tertiary/aromatic N) is 1. The molecule has 2 heteroatoms. The molecular weight excluding hydrogens is 208 g/mol. The minimum absolute atomic E-state index is 0.557. The SMILES string of the molecule is Cc1cc(C2CCCCN2)cc(N(C)C)c1C. The van der Waals surface area contributed by atoms with Crippen LogP contribution >= 0.6 is 0 Å². The minimum atomic E-state index is 0.557. The maximum atomic E-state index is 3.63. The topological polar surface area (TPSA) is 15.3 Å². The Kier molecular flexibility index (Phi) is 3.72. The molecule has 2 nitrogen and oxygen atoms in total. The normalized spacial score (nSPS) is 20.4. The molecule has 94 valence electrons. The second-order valence-electron chi connectivity index (χ2n) is 5.38. The van der Waals surface area contributed by atoms with Crippen LogP contribution in [-0.4, -0.2) is 20.6 Å². The van der Waals surface area contributed by atoms with Crippen molar-refractivity contribution in [2.24, 2.45) is 0 Å². The maximum absolute atomic E-state index is 3.63. The lowest BCUT2D eigenvalue weighted by Gasteiger charge is -2.26. The molecule has 1 unspecified atom stereocenters. The van der Waals surface area contributed by atoms with Crippen LogP contribution in [-0.2, 0) is 0 Å². The highest BCUT2D eigenvalue weighted by molar-refractivity contribution is 5.57. The van der Waals surface area contributed by atoms with Gasteiger partial charge in [-0.25, -0.2) is 0 Å². The lowest BCUT2D eigenvalue weighted by molar-refractivity contribution is 0.412. The molecule has 0 amide bonds. The van der Waals surface area contributed by atoms with E-state index in [4.69, 9.17) is 0 Å². The van der Waals surface area contributed by atoms with Crippen LogP contribution in [0.1, 0.15) is 42.0 Å². The van der Waals surface area contributed by atoms with E-state index in [1.165, 1.54) is 41.6 Å². The number of nitrogens with one attached hydrogen (secondary N) is 1. The summed E-state index contributed by atoms with van der Waals surface area (Å²) >= 11 is 0. The zero-order valence-corrected chi connectivity index (χ0v) is 11.5. The molecule has 1 fully saturated rings. The van der Waals surface area contributed by atoms with Gasteiger partial charge >= 0.3 is 0 Å². The van der Waals surface area contributed by atoms with Crippen LogP contribution in [0.25, 0.3) is 0 Å². The molecule has 0 bridgehead atoms. The zero-order valence-electron chi connectivity index (χ0n) is 11.5. The van der Waals surface area contributed by atoms with Gasteiger partial charge in [0.05, 0.1) is 0 Å². The molecule has 0 radical (unpaired) electrons. The van der Waals surface area contributed by atoms with Crippen LogP contribution in [0.15, 0.2) is 12.1 Å². The van der Waals surface area contributed by atoms with Crippen molar-refractivity contribution in [1.29, 1.82) is 0 Å². The van der Waals surface area contributed by atoms with E-state index in [2.05, 4.69) is 50.3 Å². The highest BCUT2D eigenvalue weighted by Crippen LogP contribution is 2.30. The smallest absolute Gasteiger partial charge is 0.0396 e. The van der Waals surface area contributed by atoms with Crippen molar-refractivity contribution in [3.8, 4) is 0 Å². The third kappa shape index (κ3) is 2.63. The monoisotopic (exact) mass is 232 g/mol. The van der Waals surface area contributed by atoms with Crippen molar-refractivity contribution >= 4 is 5.69 Å². The average molecular weight is 232 g/mol. The van der Waals surface area contributed by atoms with E-state index < -0.39 is 0 Å². The van der Waals surface area contributed by atoms with Gasteiger partial charge in [-0.2, -0.15) is 0 Å². The van der Waals surface area contributed by atoms with E-state index in [1.807, 2.05) is 0 Å². The highest BCUT2D eigenvalue weighted by Gasteiger charge is 2.16. The maximum Gasteiger partial charge on any atom is 0.0396 e. The fraction of sp³-hybridized carbons (Fsp3) is 0.600. The molecule has 17 heavy (non-hydrogen) atoms. The number of rotatable bonds is 2. The largest absolute Gasteiger partial charge is 0.377 e. The molecule has 1 aromatic rings. The number of benzene rings is 1. The minimum Gasteiger partial charge on any atom is -0.377 e. The predicted octanol–water partition coefficient (Wildman–Crippen LogP) is 3.18. The number of anilines is 1. The molecule has 1 aliphatic heterocycles. The summed E-state index contributed by atoms with van der Waals surface area (Å²) in [5.41, 5.74) is 5.61. The van der Waals surface area contributed by atoms with Crippen LogP contribution in [0.4, 0.5) is 5.69 Å². The summed E-state index contributed by atoms with van der Waals surface area (Å²) in [6, 6.07) is 5.26. The van der Waals surface area contributed by atoms with Gasteiger partial charge in [-0.1, -0.05) is 12.5 Å². The second kappa shape index (κ2) is 5.09. The summed E-state index contributed by atoms with van der Waals surface area (Å²) in [6.45, 7) is 5.59. The quantitative estimate of drug-likeness (QED) is 0.842. The van der Waals surface area contributed by atoms with Crippen molar-refractivity contribution in [3.05, 3.63) is 28.8 Å². The first-order valence-electron chi connectivity index (χ1n) is 6.61. The third-order valence-electron chi connectivity index (χ3n) is 3.86. The number of aryl methyl sites for hydroxylation is 1. The number of piperidine rings is 1. The molecule has 2 rings (SSSR count). The van der Waals surface area contributed by atoms with Crippen LogP contribution in [0, 0.1) is 13.8 Å². The van der Waals surface area contributed by atoms with Gasteiger partial charge in [-0.15, -0.1) is 0 Å². The summed E-state index contributed by atoms with van der Waals surface area (Å²) in [5.74, 6) is 0. The molecule has 1 aliphatic rings. The summed E-state index contributed by atoms with van der Waals surface area (Å²) < 4.78 is 0. The van der Waals surface area contributed by atoms with Gasteiger partial charge in [0.25, 0.3) is 0 Å². The highest BCUT2D eigenvalue weighted by atomic mass is 15.1. The van der Waals surface area contributed by atoms with Gasteiger partial charge in [0, 0.05) is 25.8 Å². The predicted molar refractivity (Wildman–Crippen MR) is 74.8 cm³/mol. The molecule has 0 saturated carbocycles. The van der Waals surface area contributed by atoms with Crippen molar-refractivity contribution in [2.45, 2.75) is 39.2 Å². The van der Waals surface area contributed by atoms with Crippen LogP contribution in [0.3, 0.4) is 0 Å². The van der Waals surface area contributed by atoms with Crippen LogP contribution in [0.2, 0.25) is 0 Å². The van der Waals surface area contributed by atoms with Crippen molar-refractivity contribution < 1.29 is 0 Å². The lowest BCUT2D eigenvalue weighted by Crippen LogP contribution is -2.27. The van der Waals surface area contributed by atoms with Crippen LogP contribution in [0.5, 0.6) is 0 Å². The van der Waals surface area contributed by atoms with E-state index in [1.54, 1.807) is 0 Å². The third-order valence-corrected chi connectivity index (χ3v) is 3.86. The first-order chi connectivity index (χ1) is 8.09. The molecular formula is C15H24N2. The first-order valence-corrected chi connectivity index (χ1v) is 6.61. The summed E-state index contributed by atoms with van der Waals surface area (Å²) in [4.78, 5) is 2.22. The van der Waals surface area contributed by atoms with Gasteiger partial charge in [0.15, 0.2) is 0 Å². The van der Waals surface area contributed by atoms with Gasteiger partial charge < -0.3 is 10.2 Å². The molecule has 0 spiro atoms. The van der Waals surface area contributed by atoms with E-state index in [-0.39, 0.29) is 0 Å². The molecule has 0 aliphatic carbocycles. The fourth-order valence-corrected chi connectivity index (χ4v) is 2.67. The first kappa shape index (κ1) is 12.4. The molecule has 1 N–H and O–H groups in total. The van der Waals surface area contributed by atoms with Gasteiger partial charge in [-0.05, 0) is 56.0 Å². The molecule has 1 saturated heterocycles. The molecule has 0 aromatic heterocycles. The molecule has 1 heterocycles. The van der Waals surface area contributed by atoms with E-state index in [9.17, 15) is 0 Å². The number of hydrogen-bond acceptors (Lipinski definition) is 2. The fourth-order valence-electron chi connectivity index (χ4n) is 2.67. The lowest BCUT2D eigenvalue weighted by atomic mass is 9.93. The van der Waals surface area contributed by atoms with Crippen molar-refractivity contribution in [2.75, 3.05) is 25.5 Å². The Bertz CT molecular complexity index is 390. The Morgan fingerprint density at radius 3 is 2.53 bits per heavy atom. The summed E-state index contributed by atoms with van der Waals surface area (Å²) in [7, 11) is 4.25. The van der Waals surface area contributed by atoms with Gasteiger partial charge in [-0.3, -0.25) is 0 Å². The van der Waals surface area contributed by atoms with E-state index in [0.29, 0.717) is 6.04 Å². The Balaban J connectivity index is 2.34. The Morgan fingerprint density at radius 2 is 1.94 bits per heavy atom. The van der Waals surface area contributed by atoms with Crippen molar-refractivity contribution in [3.63, 3.8) is 0 Å². The van der Waals surface area contributed by atoms with Gasteiger partial charge in [0.2, 0.25) is 0 Å². The summed E-state index contributed by atoms with van der Waals surface area (Å²) in [6.07, 6.45) is 3.94. The molecule has 1 aromatic carbocycles. The average Bonchev–Trinajstić information content (AvgIpc) is 2.33. The summed E-state index contributed by atoms with van der Waals surface area (Å²) in [5, 5.41) is 3.63. The number of hydrogen-bond donors (Lipinski definition) is 1. The second-order valence-corrected chi connectivity index (χ2v) is 5.38. The van der Waals surface area contributed by atoms with Crippen molar-refractivity contribution in [1.82, 2.24) is 5.32 Å². The zero-order chi connectivity index (χ0) is 12.4. The van der Waals surface area contributed by atoms with Gasteiger partial charge in [0.1, 0.15) is 0 Å². The molecule has 1 atom stereocenters. The standard InChI is InChI=1S/C15H24N2/c1-11-9-13(14-7-5-6-8-16-14)10-15(12(11)2)17(3)4/h9-10,14,16H,5-8H2,1-4H3. The Hall–Kier alpha value is -1.02. The Labute approximate surface area is 105 Å². The van der Waals surface area contributed by atoms with E-state index >= 15 is 0 Å². The van der Waals surface area contributed by atoms with Crippen LogP contribution < -0.4 is 10.2 Å².